The molecule has 0 saturated heterocycles. The Balaban J connectivity index is 2.97. The second kappa shape index (κ2) is 5.11. The Kier molecular flexibility index (Phi) is 4.18. The van der Waals surface area contributed by atoms with Crippen molar-refractivity contribution in [2.75, 3.05) is 7.11 Å². The maximum Gasteiger partial charge on any atom is 0.212 e. The molecule has 1 saturated carbocycles. The monoisotopic (exact) mass is 273 g/mol. The van der Waals surface area contributed by atoms with Crippen LogP contribution in [0.5, 0.6) is 0 Å². The van der Waals surface area contributed by atoms with Gasteiger partial charge in [0.2, 0.25) is 10.0 Å². The van der Waals surface area contributed by atoms with Crippen LogP contribution in [0.4, 0.5) is 0 Å². The van der Waals surface area contributed by atoms with Crippen molar-refractivity contribution in [1.29, 1.82) is 0 Å². The lowest BCUT2D eigenvalue weighted by Gasteiger charge is -2.20. The summed E-state index contributed by atoms with van der Waals surface area (Å²) in [6.07, 6.45) is 4.24. The number of hydrogen-bond acceptors (Lipinski definition) is 4. The van der Waals surface area contributed by atoms with Crippen molar-refractivity contribution in [3.63, 3.8) is 0 Å². The standard InChI is InChI=1S/C11H19N3O3S/c1-4-9(17-3)7-14-10(12)11(5-6-11)8(2)18(13,15)16/h4,7-8H,1,5-6H2,2-3H3,(H2,12,14)(H2,13,15,16)/b9-7+/t8-/m0/s1. The zero-order valence-corrected chi connectivity index (χ0v) is 11.4. The maximum atomic E-state index is 11.4. The summed E-state index contributed by atoms with van der Waals surface area (Å²) in [5.41, 5.74) is 5.23. The van der Waals surface area contributed by atoms with Crippen molar-refractivity contribution in [3.05, 3.63) is 24.6 Å². The second-order valence-corrected chi connectivity index (χ2v) is 6.23. The van der Waals surface area contributed by atoms with Crippen molar-refractivity contribution in [1.82, 2.24) is 0 Å². The Bertz CT molecular complexity index is 490. The van der Waals surface area contributed by atoms with Crippen molar-refractivity contribution in [2.45, 2.75) is 25.0 Å². The molecule has 0 aromatic heterocycles. The first-order valence-electron chi connectivity index (χ1n) is 5.50. The molecule has 0 aliphatic heterocycles. The highest BCUT2D eigenvalue weighted by Gasteiger charge is 2.54. The third-order valence-electron chi connectivity index (χ3n) is 3.34. The molecule has 18 heavy (non-hydrogen) atoms. The van der Waals surface area contributed by atoms with Crippen LogP contribution in [-0.4, -0.2) is 26.6 Å². The number of ether oxygens (including phenoxy) is 1. The van der Waals surface area contributed by atoms with Gasteiger partial charge < -0.3 is 10.5 Å². The van der Waals surface area contributed by atoms with Gasteiger partial charge in [0, 0.05) is 5.41 Å². The predicted molar refractivity (Wildman–Crippen MR) is 71.1 cm³/mol. The van der Waals surface area contributed by atoms with E-state index in [1.54, 1.807) is 6.92 Å². The van der Waals surface area contributed by atoms with Crippen LogP contribution in [0, 0.1) is 5.41 Å². The molecule has 0 radical (unpaired) electrons. The molecule has 0 spiro atoms. The van der Waals surface area contributed by atoms with Gasteiger partial charge >= 0.3 is 0 Å². The number of primary sulfonamides is 1. The van der Waals surface area contributed by atoms with Gasteiger partial charge in [0.05, 0.1) is 18.6 Å². The molecule has 1 fully saturated rings. The van der Waals surface area contributed by atoms with E-state index >= 15 is 0 Å². The molecule has 1 aliphatic carbocycles. The number of rotatable bonds is 6. The molecular weight excluding hydrogens is 254 g/mol. The van der Waals surface area contributed by atoms with Crippen LogP contribution in [0.2, 0.25) is 0 Å². The number of aliphatic imine (C=N–C) groups is 1. The van der Waals surface area contributed by atoms with Crippen molar-refractivity contribution >= 4 is 15.9 Å². The molecule has 0 amide bonds. The van der Waals surface area contributed by atoms with Gasteiger partial charge in [-0.05, 0) is 25.8 Å². The summed E-state index contributed by atoms with van der Waals surface area (Å²) in [5.74, 6) is 0.720. The fraction of sp³-hybridized carbons (Fsp3) is 0.545. The molecule has 6 nitrogen and oxygen atoms in total. The Morgan fingerprint density at radius 3 is 2.44 bits per heavy atom. The second-order valence-electron chi connectivity index (χ2n) is 4.34. The predicted octanol–water partition coefficient (Wildman–Crippen LogP) is 0.475. The fourth-order valence-electron chi connectivity index (χ4n) is 1.77. The van der Waals surface area contributed by atoms with E-state index in [4.69, 9.17) is 15.6 Å². The lowest BCUT2D eigenvalue weighted by molar-refractivity contribution is 0.306. The topological polar surface area (TPSA) is 108 Å². The van der Waals surface area contributed by atoms with Crippen molar-refractivity contribution in [3.8, 4) is 0 Å². The first-order chi connectivity index (χ1) is 8.28. The molecule has 1 rings (SSSR count). The number of amidine groups is 1. The average Bonchev–Trinajstić information content (AvgIpc) is 3.09. The van der Waals surface area contributed by atoms with Gasteiger partial charge in [-0.1, -0.05) is 6.58 Å². The minimum atomic E-state index is -3.63. The molecular formula is C11H19N3O3S. The van der Waals surface area contributed by atoms with Crippen LogP contribution < -0.4 is 10.9 Å². The zero-order valence-electron chi connectivity index (χ0n) is 10.6. The summed E-state index contributed by atoms with van der Waals surface area (Å²) in [4.78, 5) is 4.05. The number of sulfonamides is 1. The van der Waals surface area contributed by atoms with Gasteiger partial charge in [0.25, 0.3) is 0 Å². The number of hydrogen-bond donors (Lipinski definition) is 2. The molecule has 102 valence electrons. The van der Waals surface area contributed by atoms with Crippen LogP contribution >= 0.6 is 0 Å². The van der Waals surface area contributed by atoms with E-state index in [0.29, 0.717) is 18.6 Å². The summed E-state index contributed by atoms with van der Waals surface area (Å²) < 4.78 is 27.7. The quantitative estimate of drug-likeness (QED) is 0.317. The first kappa shape index (κ1) is 14.7. The molecule has 7 heteroatoms. The van der Waals surface area contributed by atoms with E-state index in [9.17, 15) is 8.42 Å². The molecule has 0 heterocycles. The van der Waals surface area contributed by atoms with Crippen LogP contribution in [0.1, 0.15) is 19.8 Å². The first-order valence-corrected chi connectivity index (χ1v) is 7.11. The van der Waals surface area contributed by atoms with E-state index in [-0.39, 0.29) is 5.84 Å². The van der Waals surface area contributed by atoms with E-state index < -0.39 is 20.7 Å². The number of nitrogens with two attached hydrogens (primary N) is 2. The molecule has 1 aliphatic rings. The summed E-state index contributed by atoms with van der Waals surface area (Å²) in [6.45, 7) is 5.10. The molecule has 0 aromatic rings. The van der Waals surface area contributed by atoms with Crippen molar-refractivity contribution < 1.29 is 13.2 Å². The smallest absolute Gasteiger partial charge is 0.212 e. The summed E-state index contributed by atoms with van der Waals surface area (Å²) in [6, 6.07) is 0. The number of nitrogens with zero attached hydrogens (tertiary/aromatic N) is 1. The third-order valence-corrected chi connectivity index (χ3v) is 4.77. The molecule has 0 bridgehead atoms. The molecule has 0 aromatic carbocycles. The summed E-state index contributed by atoms with van der Waals surface area (Å²) >= 11 is 0. The summed E-state index contributed by atoms with van der Waals surface area (Å²) in [7, 11) is -2.14. The molecule has 4 N–H and O–H groups in total. The average molecular weight is 273 g/mol. The highest BCUT2D eigenvalue weighted by Crippen LogP contribution is 2.50. The normalized spacial score (nSPS) is 21.3. The van der Waals surface area contributed by atoms with Gasteiger partial charge in [-0.3, -0.25) is 0 Å². The van der Waals surface area contributed by atoms with E-state index in [2.05, 4.69) is 11.6 Å². The SMILES string of the molecule is C=C/C(=C\N=C(N)C1([C@H](C)S(N)(=O)=O)CC1)OC. The van der Waals surface area contributed by atoms with Crippen LogP contribution in [-0.2, 0) is 14.8 Å². The van der Waals surface area contributed by atoms with Crippen molar-refractivity contribution in [2.24, 2.45) is 21.3 Å². The number of allylic oxidation sites excluding steroid dienone is 1. The Morgan fingerprint density at radius 1 is 1.56 bits per heavy atom. The fourth-order valence-corrected chi connectivity index (χ4v) is 2.76. The minimum absolute atomic E-state index is 0.264. The van der Waals surface area contributed by atoms with Crippen LogP contribution in [0.15, 0.2) is 29.6 Å². The molecule has 1 atom stereocenters. The Morgan fingerprint density at radius 2 is 2.11 bits per heavy atom. The Hall–Kier alpha value is -1.34. The maximum absolute atomic E-state index is 11.4. The number of methoxy groups -OCH3 is 1. The van der Waals surface area contributed by atoms with Gasteiger partial charge in [-0.25, -0.2) is 18.5 Å². The van der Waals surface area contributed by atoms with Gasteiger partial charge in [-0.2, -0.15) is 0 Å². The Labute approximate surface area is 107 Å². The van der Waals surface area contributed by atoms with E-state index in [1.165, 1.54) is 19.4 Å². The highest BCUT2D eigenvalue weighted by atomic mass is 32.2. The van der Waals surface area contributed by atoms with Crippen LogP contribution in [0.3, 0.4) is 0 Å². The van der Waals surface area contributed by atoms with Crippen LogP contribution in [0.25, 0.3) is 0 Å². The van der Waals surface area contributed by atoms with Gasteiger partial charge in [0.15, 0.2) is 0 Å². The van der Waals surface area contributed by atoms with Gasteiger partial charge in [0.1, 0.15) is 11.6 Å². The molecule has 0 unspecified atom stereocenters. The lowest BCUT2D eigenvalue weighted by atomic mass is 10.0. The zero-order chi connectivity index (χ0) is 14.0. The largest absolute Gasteiger partial charge is 0.495 e. The summed E-state index contributed by atoms with van der Waals surface area (Å²) in [5, 5.41) is 4.42. The third kappa shape index (κ3) is 2.91. The van der Waals surface area contributed by atoms with Gasteiger partial charge in [-0.15, -0.1) is 0 Å². The minimum Gasteiger partial charge on any atom is -0.495 e. The highest BCUT2D eigenvalue weighted by molar-refractivity contribution is 7.89. The van der Waals surface area contributed by atoms with E-state index in [1.807, 2.05) is 0 Å². The lowest BCUT2D eigenvalue weighted by Crippen LogP contribution is -2.41. The van der Waals surface area contributed by atoms with E-state index in [0.717, 1.165) is 0 Å².